The summed E-state index contributed by atoms with van der Waals surface area (Å²) in [7, 11) is 0. The van der Waals surface area contributed by atoms with E-state index < -0.39 is 5.60 Å². The van der Waals surface area contributed by atoms with Gasteiger partial charge in [-0.25, -0.2) is 0 Å². The highest BCUT2D eigenvalue weighted by atomic mass is 16.7. The van der Waals surface area contributed by atoms with Crippen molar-refractivity contribution in [1.29, 1.82) is 0 Å². The topological polar surface area (TPSA) is 68.3 Å². The monoisotopic (exact) mass is 1780 g/mol. The fourth-order valence-corrected chi connectivity index (χ4v) is 13.7. The molecule has 5 heteroatoms. The van der Waals surface area contributed by atoms with Gasteiger partial charge in [-0.1, -0.05) is 315 Å². The smallest absolute Gasteiger partial charge is 0.177 e. The molecule has 5 rings (SSSR count). The summed E-state index contributed by atoms with van der Waals surface area (Å²) in [6.07, 6.45) is 65.3. The fourth-order valence-electron chi connectivity index (χ4n) is 13.7. The van der Waals surface area contributed by atoms with Crippen molar-refractivity contribution in [2.75, 3.05) is 13.2 Å². The first-order chi connectivity index (χ1) is 58.1. The lowest BCUT2D eigenvalue weighted by Crippen LogP contribution is -2.21. The second kappa shape index (κ2) is 84.1. The van der Waals surface area contributed by atoms with Crippen LogP contribution in [0.2, 0.25) is 0 Å². The van der Waals surface area contributed by atoms with Crippen molar-refractivity contribution in [3.63, 3.8) is 0 Å². The van der Waals surface area contributed by atoms with Gasteiger partial charge in [0, 0.05) is 19.6 Å². The molecule has 1 saturated heterocycles. The van der Waals surface area contributed by atoms with Crippen molar-refractivity contribution >= 4 is 5.78 Å². The number of ether oxygens (including phenoxy) is 3. The van der Waals surface area contributed by atoms with E-state index in [4.69, 9.17) is 14.2 Å². The van der Waals surface area contributed by atoms with E-state index >= 15 is 0 Å². The van der Waals surface area contributed by atoms with Gasteiger partial charge in [-0.15, -0.1) is 13.2 Å². The summed E-state index contributed by atoms with van der Waals surface area (Å²) >= 11 is 0. The minimum atomic E-state index is -0.702. The first-order valence-corrected chi connectivity index (χ1v) is 49.0. The van der Waals surface area contributed by atoms with Crippen molar-refractivity contribution in [3.05, 3.63) is 250 Å². The summed E-state index contributed by atoms with van der Waals surface area (Å²) in [6.45, 7) is 109. The number of epoxide rings is 1. The van der Waals surface area contributed by atoms with E-state index in [0.717, 1.165) is 99.0 Å². The van der Waals surface area contributed by atoms with Gasteiger partial charge < -0.3 is 19.3 Å². The largest absolute Gasteiger partial charge is 0.386 e. The van der Waals surface area contributed by atoms with E-state index in [0.29, 0.717) is 42.4 Å². The first kappa shape index (κ1) is 140. The first-order valence-electron chi connectivity index (χ1n) is 49.0. The molecule has 0 aromatic heterocycles. The highest BCUT2D eigenvalue weighted by Crippen LogP contribution is 2.50. The predicted molar refractivity (Wildman–Crippen MR) is 591 cm³/mol. The summed E-state index contributed by atoms with van der Waals surface area (Å²) in [5.74, 6) is 4.78. The SMILES string of the molecule is C.C.C.C=C(C)[C@@H]1CC=C(C)C(C)C1.C=C(C)[C@@H]1CCC2(C)OC2C1.C=C1C[C@H](C(=C)C)CC=C1C.C=CC(=C)CCC=C(C)C.C=CC(C)(C)CCC=C(C)C.C=CC(C)(O)CCC=C(C)C.CC(C)=C1CC[C@@H](C)CC1=O.CC/C=C(/C)CCC=C(C)C.CC/C=C(/C)CCC=C(C)C.CCCC(C)CCC=C(C)C.CCOC(/C=C(\C)CCC=C(C)C)OCC. The van der Waals surface area contributed by atoms with Gasteiger partial charge >= 0.3 is 0 Å². The number of carbonyl (C=O) groups excluding carboxylic acids is 1. The van der Waals surface area contributed by atoms with Crippen LogP contribution in [0, 0.1) is 40.9 Å². The lowest BCUT2D eigenvalue weighted by atomic mass is 9.80. The molecule has 9 atom stereocenters. The molecule has 128 heavy (non-hydrogen) atoms. The molecule has 0 bridgehead atoms. The molecular weight excluding hydrogens is 1560 g/mol. The molecule has 5 unspecified atom stereocenters. The number of rotatable bonds is 36. The Balaban J connectivity index is -0.000000174. The third kappa shape index (κ3) is 88.0. The third-order valence-corrected chi connectivity index (χ3v) is 23.2. The maximum atomic E-state index is 11.4. The number of hydrogen-bond acceptors (Lipinski definition) is 5. The summed E-state index contributed by atoms with van der Waals surface area (Å²) < 4.78 is 16.5. The van der Waals surface area contributed by atoms with E-state index in [-0.39, 0.29) is 34.2 Å². The maximum Gasteiger partial charge on any atom is 0.177 e. The Morgan fingerprint density at radius 1 is 0.531 bits per heavy atom. The Morgan fingerprint density at radius 2 is 0.945 bits per heavy atom. The molecule has 1 aliphatic heterocycles. The minimum absolute atomic E-state index is 0. The average Bonchev–Trinajstić information content (AvgIpc) is 1.60. The van der Waals surface area contributed by atoms with Crippen LogP contribution in [0.15, 0.2) is 250 Å². The summed E-state index contributed by atoms with van der Waals surface area (Å²) in [4.78, 5) is 11.4. The number of ketones is 1. The van der Waals surface area contributed by atoms with E-state index in [9.17, 15) is 9.90 Å². The summed E-state index contributed by atoms with van der Waals surface area (Å²) in [5, 5.41) is 9.49. The van der Waals surface area contributed by atoms with Crippen LogP contribution in [0.4, 0.5) is 0 Å². The molecule has 0 amide bonds. The van der Waals surface area contributed by atoms with Crippen molar-refractivity contribution < 1.29 is 24.1 Å². The molecular formula is C123H220O5. The van der Waals surface area contributed by atoms with Crippen molar-refractivity contribution in [1.82, 2.24) is 0 Å². The van der Waals surface area contributed by atoms with Gasteiger partial charge in [0.2, 0.25) is 0 Å². The average molecular weight is 1780 g/mol. The van der Waals surface area contributed by atoms with Crippen molar-refractivity contribution in [3.8, 4) is 0 Å². The highest BCUT2D eigenvalue weighted by molar-refractivity contribution is 5.96. The zero-order chi connectivity index (χ0) is 97.6. The van der Waals surface area contributed by atoms with E-state index in [2.05, 4.69) is 340 Å². The molecule has 0 radical (unpaired) electrons. The van der Waals surface area contributed by atoms with Gasteiger partial charge in [-0.2, -0.15) is 0 Å². The Labute approximate surface area is 803 Å². The molecule has 3 fully saturated rings. The van der Waals surface area contributed by atoms with Crippen molar-refractivity contribution in [2.24, 2.45) is 40.9 Å². The number of allylic oxidation sites excluding steroid dienone is 32. The van der Waals surface area contributed by atoms with E-state index in [1.165, 1.54) is 205 Å². The van der Waals surface area contributed by atoms with E-state index in [1.54, 1.807) is 18.6 Å². The zero-order valence-corrected chi connectivity index (χ0v) is 89.7. The van der Waals surface area contributed by atoms with Gasteiger partial charge in [-0.05, 0) is 407 Å². The lowest BCUT2D eigenvalue weighted by molar-refractivity contribution is -0.117. The molecule has 5 nitrogen and oxygen atoms in total. The quantitative estimate of drug-likeness (QED) is 0.0223. The van der Waals surface area contributed by atoms with Gasteiger partial charge in [0.05, 0.1) is 17.3 Å². The molecule has 0 aromatic carbocycles. The molecule has 5 aliphatic rings. The van der Waals surface area contributed by atoms with Crippen LogP contribution in [-0.4, -0.2) is 47.7 Å². The van der Waals surface area contributed by atoms with Crippen LogP contribution >= 0.6 is 0 Å². The Kier molecular flexibility index (Phi) is 91.9. The summed E-state index contributed by atoms with van der Waals surface area (Å²) in [5.41, 5.74) is 25.6. The van der Waals surface area contributed by atoms with Gasteiger partial charge in [0.15, 0.2) is 12.1 Å². The minimum Gasteiger partial charge on any atom is -0.386 e. The number of fused-ring (bicyclic) bond motifs is 1. The molecule has 742 valence electrons. The lowest BCUT2D eigenvalue weighted by Gasteiger charge is -2.26. The van der Waals surface area contributed by atoms with E-state index in [1.807, 2.05) is 39.8 Å². The van der Waals surface area contributed by atoms with Crippen LogP contribution in [-0.2, 0) is 19.0 Å². The summed E-state index contributed by atoms with van der Waals surface area (Å²) in [6, 6.07) is 0. The molecule has 2 saturated carbocycles. The number of carbonyl (C=O) groups is 1. The molecule has 1 N–H and O–H groups in total. The fraction of sp³-hybridized carbons (Fsp3) is 0.650. The van der Waals surface area contributed by atoms with Gasteiger partial charge in [0.25, 0.3) is 0 Å². The Hall–Kier alpha value is -5.95. The molecule has 4 aliphatic carbocycles. The maximum absolute atomic E-state index is 11.4. The van der Waals surface area contributed by atoms with Crippen LogP contribution in [0.5, 0.6) is 0 Å². The second-order valence-corrected chi connectivity index (χ2v) is 39.8. The number of Topliss-reactive ketones (excluding diaryl/α,β-unsaturated/α-hetero) is 1. The normalized spacial score (nSPS) is 18.6. The van der Waals surface area contributed by atoms with Crippen LogP contribution in [0.25, 0.3) is 0 Å². The van der Waals surface area contributed by atoms with Crippen LogP contribution in [0.1, 0.15) is 451 Å². The van der Waals surface area contributed by atoms with Crippen LogP contribution in [0.3, 0.4) is 0 Å². The Morgan fingerprint density at radius 3 is 1.30 bits per heavy atom. The molecule has 1 heterocycles. The second-order valence-electron chi connectivity index (χ2n) is 39.8. The zero-order valence-electron chi connectivity index (χ0n) is 89.7. The van der Waals surface area contributed by atoms with Gasteiger partial charge in [0.1, 0.15) is 0 Å². The predicted octanol–water partition coefficient (Wildman–Crippen LogP) is 40.7. The van der Waals surface area contributed by atoms with Crippen molar-refractivity contribution in [2.45, 2.75) is 475 Å². The van der Waals surface area contributed by atoms with Crippen LogP contribution < -0.4 is 0 Å². The number of hydrogen-bond donors (Lipinski definition) is 1. The third-order valence-electron chi connectivity index (χ3n) is 23.2. The Bertz CT molecular complexity index is 3350. The number of aliphatic hydroxyl groups is 1. The van der Waals surface area contributed by atoms with Gasteiger partial charge in [-0.3, -0.25) is 4.79 Å². The highest BCUT2D eigenvalue weighted by Gasteiger charge is 2.55. The molecule has 0 spiro atoms. The molecule has 0 aromatic rings. The standard InChI is InChI=1S/C14H26O2.C11H18.C11H16.C11H20.C11H22.2C11H20.2C10H16O.C10H18O.C10H16.3CH4/c1-6-15-14(16-7-2)11-13(5)10-8-9-12(3)4;2*1-8(2)11-6-5-9(3)10(4)7-11;1-6-11(4,5)9-7-8-10(2)3;3*1-5-7-11(4)9-6-8-10(2)3;1-7(2)8-4-5-10(3)9(6-8)11-10;1-7(2)9-5-4-8(3)6-10(9)11;1-5-10(4,11)8-6-7-9(2)3;1-5-10(4)8-6-7-9(2)3;;;/h9,11,14H,6-8,10H2,1-5H3;5,10-11H,1,6-7H2,2-4H3;5,11H,1,4,6-7H2,2-3H3;6,8H,1,7,9H2,2-5H3;8,11H,5-7,9H2,1-4H3;2*7-8H,5-6,9H2,1-4H3;8-9H,1,4-6H2,2-3H3;8H,4-6H2,1-3H3;5,7,11H,1,6,8H2,2-4H3;5,7H,1,4,6,8H2,2-3H3;3*1H4/b13-11+;;;;;2*11-7-;;;;;;;/t;10?,11-;11-;;;;;8-,9?,10?;8-;;;;;/m.11....11...../s1.